The first kappa shape index (κ1) is 19.2. The van der Waals surface area contributed by atoms with Crippen LogP contribution in [0, 0.1) is 0 Å². The van der Waals surface area contributed by atoms with E-state index in [2.05, 4.69) is 20.2 Å². The van der Waals surface area contributed by atoms with Crippen molar-refractivity contribution in [3.05, 3.63) is 76.1 Å². The van der Waals surface area contributed by atoms with Gasteiger partial charge in [0.15, 0.2) is 5.65 Å². The van der Waals surface area contributed by atoms with Crippen molar-refractivity contribution in [1.82, 2.24) is 29.5 Å². The van der Waals surface area contributed by atoms with Crippen molar-refractivity contribution in [2.24, 2.45) is 0 Å². The van der Waals surface area contributed by atoms with Crippen LogP contribution in [0.4, 0.5) is 13.2 Å². The van der Waals surface area contributed by atoms with Crippen molar-refractivity contribution in [2.75, 3.05) is 0 Å². The summed E-state index contributed by atoms with van der Waals surface area (Å²) in [7, 11) is 0. The average molecular weight is 444 g/mol. The lowest BCUT2D eigenvalue weighted by Crippen LogP contribution is -2.21. The summed E-state index contributed by atoms with van der Waals surface area (Å²) in [5.41, 5.74) is -0.962. The highest BCUT2D eigenvalue weighted by Gasteiger charge is 2.30. The van der Waals surface area contributed by atoms with Gasteiger partial charge in [-0.3, -0.25) is 9.36 Å². The van der Waals surface area contributed by atoms with Gasteiger partial charge in [-0.05, 0) is 29.6 Å². The third-order valence-corrected chi connectivity index (χ3v) is 5.35. The molecule has 156 valence electrons. The first-order chi connectivity index (χ1) is 14.9. The monoisotopic (exact) mass is 444 g/mol. The van der Waals surface area contributed by atoms with E-state index >= 15 is 0 Å². The first-order valence-corrected chi connectivity index (χ1v) is 9.75. The lowest BCUT2D eigenvalue weighted by Gasteiger charge is -2.09. The Kier molecular flexibility index (Phi) is 4.43. The second-order valence-corrected chi connectivity index (χ2v) is 7.46. The van der Waals surface area contributed by atoms with Gasteiger partial charge >= 0.3 is 6.18 Å². The van der Waals surface area contributed by atoms with Crippen LogP contribution < -0.4 is 5.56 Å². The molecular weight excluding hydrogens is 433 g/mol. The van der Waals surface area contributed by atoms with Crippen LogP contribution in [0.15, 0.2) is 63.6 Å². The van der Waals surface area contributed by atoms with Gasteiger partial charge in [0.2, 0.25) is 11.7 Å². The first-order valence-electron chi connectivity index (χ1n) is 8.87. The van der Waals surface area contributed by atoms with Gasteiger partial charge in [0.1, 0.15) is 18.3 Å². The minimum Gasteiger partial charge on any atom is -0.337 e. The topological polar surface area (TPSA) is 91.6 Å². The predicted molar refractivity (Wildman–Crippen MR) is 105 cm³/mol. The fraction of sp³-hybridized carbons (Fsp3) is 0.105. The normalized spacial score (nSPS) is 12.0. The highest BCUT2D eigenvalue weighted by Crippen LogP contribution is 2.30. The lowest BCUT2D eigenvalue weighted by molar-refractivity contribution is -0.137. The number of rotatable bonds is 4. The van der Waals surface area contributed by atoms with E-state index in [1.807, 2.05) is 17.5 Å². The molecule has 0 atom stereocenters. The van der Waals surface area contributed by atoms with Crippen molar-refractivity contribution in [2.45, 2.75) is 12.7 Å². The average Bonchev–Trinajstić information content (AvgIpc) is 3.50. The van der Waals surface area contributed by atoms with Gasteiger partial charge in [0.05, 0.1) is 22.3 Å². The van der Waals surface area contributed by atoms with E-state index in [1.165, 1.54) is 45.2 Å². The molecule has 0 N–H and O–H groups in total. The summed E-state index contributed by atoms with van der Waals surface area (Å²) in [5.74, 6) is 0.640. The van der Waals surface area contributed by atoms with Crippen LogP contribution in [0.3, 0.4) is 0 Å². The molecule has 0 saturated heterocycles. The predicted octanol–water partition coefficient (Wildman–Crippen LogP) is 3.76. The van der Waals surface area contributed by atoms with E-state index in [9.17, 15) is 18.0 Å². The third kappa shape index (κ3) is 3.50. The maximum Gasteiger partial charge on any atom is 0.416 e. The molecule has 0 aliphatic heterocycles. The fourth-order valence-electron chi connectivity index (χ4n) is 3.03. The Hall–Kier alpha value is -3.80. The van der Waals surface area contributed by atoms with Crippen LogP contribution in [0.25, 0.3) is 27.4 Å². The molecular formula is C19H11F3N6O2S. The Labute approximate surface area is 175 Å². The van der Waals surface area contributed by atoms with E-state index in [1.54, 1.807) is 0 Å². The number of halogens is 3. The minimum atomic E-state index is -4.49. The summed E-state index contributed by atoms with van der Waals surface area (Å²) >= 11 is 1.46. The fourth-order valence-corrected chi connectivity index (χ4v) is 3.68. The van der Waals surface area contributed by atoms with Gasteiger partial charge in [-0.15, -0.1) is 11.3 Å². The van der Waals surface area contributed by atoms with Crippen LogP contribution in [0.5, 0.6) is 0 Å². The molecule has 0 fully saturated rings. The number of nitrogens with zero attached hydrogens (tertiary/aromatic N) is 6. The van der Waals surface area contributed by atoms with Crippen LogP contribution in [0.1, 0.15) is 11.5 Å². The van der Waals surface area contributed by atoms with Gasteiger partial charge in [0, 0.05) is 0 Å². The standard InChI is InChI=1S/C19H11F3N6O2S/c20-19(21,22)11-3-1-4-12(7-11)28-17-13(8-24-28)18(29)27(10-23-17)9-15-25-16(26-30-15)14-5-2-6-31-14/h1-8,10H,9H2. The Bertz CT molecular complexity index is 1440. The quantitative estimate of drug-likeness (QED) is 0.419. The summed E-state index contributed by atoms with van der Waals surface area (Å²) in [6.45, 7) is -0.00507. The Morgan fingerprint density at radius 1 is 1.16 bits per heavy atom. The summed E-state index contributed by atoms with van der Waals surface area (Å²) in [4.78, 5) is 22.2. The Morgan fingerprint density at radius 2 is 2.03 bits per heavy atom. The lowest BCUT2D eigenvalue weighted by atomic mass is 10.2. The van der Waals surface area contributed by atoms with E-state index in [0.717, 1.165) is 17.0 Å². The maximum atomic E-state index is 13.0. The summed E-state index contributed by atoms with van der Waals surface area (Å²) in [6.07, 6.45) is -1.96. The zero-order valence-electron chi connectivity index (χ0n) is 15.4. The van der Waals surface area contributed by atoms with Gasteiger partial charge in [-0.2, -0.15) is 23.3 Å². The van der Waals surface area contributed by atoms with E-state index < -0.39 is 17.3 Å². The zero-order chi connectivity index (χ0) is 21.6. The molecule has 0 aliphatic rings. The van der Waals surface area contributed by atoms with Crippen molar-refractivity contribution >= 4 is 22.4 Å². The molecule has 0 aliphatic carbocycles. The largest absolute Gasteiger partial charge is 0.416 e. The number of aromatic nitrogens is 6. The third-order valence-electron chi connectivity index (χ3n) is 4.49. The van der Waals surface area contributed by atoms with E-state index in [-0.39, 0.29) is 29.2 Å². The molecule has 5 rings (SSSR count). The van der Waals surface area contributed by atoms with Crippen LogP contribution in [-0.2, 0) is 12.7 Å². The second-order valence-electron chi connectivity index (χ2n) is 6.51. The van der Waals surface area contributed by atoms with E-state index in [4.69, 9.17) is 4.52 Å². The zero-order valence-corrected chi connectivity index (χ0v) is 16.3. The number of hydrogen-bond acceptors (Lipinski definition) is 7. The van der Waals surface area contributed by atoms with Crippen LogP contribution in [-0.4, -0.2) is 29.5 Å². The highest BCUT2D eigenvalue weighted by molar-refractivity contribution is 7.13. The van der Waals surface area contributed by atoms with Gasteiger partial charge in [-0.25, -0.2) is 9.67 Å². The highest BCUT2D eigenvalue weighted by atomic mass is 32.1. The molecule has 12 heteroatoms. The molecule has 0 spiro atoms. The van der Waals surface area contributed by atoms with Crippen molar-refractivity contribution < 1.29 is 17.7 Å². The molecule has 5 aromatic rings. The van der Waals surface area contributed by atoms with Gasteiger partial charge in [0.25, 0.3) is 5.56 Å². The summed E-state index contributed by atoms with van der Waals surface area (Å²) < 4.78 is 46.7. The Balaban J connectivity index is 1.49. The summed E-state index contributed by atoms with van der Waals surface area (Å²) in [5, 5.41) is 9.99. The number of fused-ring (bicyclic) bond motifs is 1. The molecule has 0 saturated carbocycles. The van der Waals surface area contributed by atoms with Crippen molar-refractivity contribution in [1.29, 1.82) is 0 Å². The number of hydrogen-bond donors (Lipinski definition) is 0. The van der Waals surface area contributed by atoms with Crippen LogP contribution in [0.2, 0.25) is 0 Å². The van der Waals surface area contributed by atoms with Crippen molar-refractivity contribution in [3.63, 3.8) is 0 Å². The molecule has 0 unspecified atom stereocenters. The maximum absolute atomic E-state index is 13.0. The summed E-state index contributed by atoms with van der Waals surface area (Å²) in [6, 6.07) is 8.35. The number of alkyl halides is 3. The molecule has 4 heterocycles. The SMILES string of the molecule is O=c1c2cnn(-c3cccc(C(F)(F)F)c3)c2ncn1Cc1nc(-c2cccs2)no1. The second kappa shape index (κ2) is 7.16. The van der Waals surface area contributed by atoms with E-state index in [0.29, 0.717) is 5.82 Å². The van der Waals surface area contributed by atoms with Crippen molar-refractivity contribution in [3.8, 4) is 16.4 Å². The smallest absolute Gasteiger partial charge is 0.337 e. The molecule has 31 heavy (non-hydrogen) atoms. The minimum absolute atomic E-state index is 0.00507. The number of thiophene rings is 1. The van der Waals surface area contributed by atoms with Gasteiger partial charge in [-0.1, -0.05) is 17.3 Å². The molecule has 8 nitrogen and oxygen atoms in total. The molecule has 0 radical (unpaired) electrons. The number of benzene rings is 1. The van der Waals surface area contributed by atoms with Crippen LogP contribution >= 0.6 is 11.3 Å². The Morgan fingerprint density at radius 3 is 2.81 bits per heavy atom. The molecule has 4 aromatic heterocycles. The van der Waals surface area contributed by atoms with Gasteiger partial charge < -0.3 is 4.52 Å². The molecule has 0 bridgehead atoms. The molecule has 1 aromatic carbocycles. The molecule has 0 amide bonds.